The summed E-state index contributed by atoms with van der Waals surface area (Å²) in [6, 6.07) is 5.41. The maximum atomic E-state index is 5.88. The summed E-state index contributed by atoms with van der Waals surface area (Å²) in [6.45, 7) is 3.01. The van der Waals surface area contributed by atoms with Crippen molar-refractivity contribution in [3.05, 3.63) is 18.2 Å². The van der Waals surface area contributed by atoms with Gasteiger partial charge in [-0.2, -0.15) is 0 Å². The van der Waals surface area contributed by atoms with Crippen LogP contribution in [0.5, 0.6) is 5.75 Å². The predicted octanol–water partition coefficient (Wildman–Crippen LogP) is 7.10. The summed E-state index contributed by atoms with van der Waals surface area (Å²) in [5.41, 5.74) is 13.0. The molecule has 150 valence electrons. The maximum Gasteiger partial charge on any atom is 0.144 e. The van der Waals surface area contributed by atoms with Gasteiger partial charge in [-0.1, -0.05) is 96.8 Å². The standard InChI is InChI=1S/C23H42N2O/c1-2-3-4-5-6-7-8-9-10-11-12-13-14-15-16-19-26-23-20-21(24)17-18-22(23)25/h17-18,20H,2-16,19,24-25H2,1H3. The first-order valence-corrected chi connectivity index (χ1v) is 11.0. The molecule has 0 saturated heterocycles. The van der Waals surface area contributed by atoms with Gasteiger partial charge < -0.3 is 16.2 Å². The van der Waals surface area contributed by atoms with Crippen molar-refractivity contribution in [3.8, 4) is 5.75 Å². The van der Waals surface area contributed by atoms with E-state index in [1.165, 1.54) is 89.9 Å². The van der Waals surface area contributed by atoms with Gasteiger partial charge in [0.2, 0.25) is 0 Å². The molecule has 0 atom stereocenters. The van der Waals surface area contributed by atoms with Crippen LogP contribution in [0.2, 0.25) is 0 Å². The minimum atomic E-state index is 0.667. The van der Waals surface area contributed by atoms with Crippen LogP contribution in [0.1, 0.15) is 103 Å². The summed E-state index contributed by atoms with van der Waals surface area (Å²) in [5.74, 6) is 0.718. The molecular formula is C23H42N2O. The molecule has 0 aliphatic heterocycles. The first-order chi connectivity index (χ1) is 12.7. The van der Waals surface area contributed by atoms with Gasteiger partial charge in [-0.3, -0.25) is 0 Å². The van der Waals surface area contributed by atoms with E-state index in [0.29, 0.717) is 11.4 Å². The molecule has 0 fully saturated rings. The van der Waals surface area contributed by atoms with Gasteiger partial charge >= 0.3 is 0 Å². The van der Waals surface area contributed by atoms with Gasteiger partial charge in [-0.25, -0.2) is 0 Å². The molecule has 0 saturated carbocycles. The fourth-order valence-corrected chi connectivity index (χ4v) is 3.33. The molecule has 0 aliphatic carbocycles. The minimum absolute atomic E-state index is 0.667. The topological polar surface area (TPSA) is 61.3 Å². The van der Waals surface area contributed by atoms with Gasteiger partial charge in [0, 0.05) is 11.8 Å². The largest absolute Gasteiger partial charge is 0.491 e. The molecule has 26 heavy (non-hydrogen) atoms. The van der Waals surface area contributed by atoms with Crippen LogP contribution in [0.4, 0.5) is 11.4 Å². The zero-order chi connectivity index (χ0) is 18.9. The van der Waals surface area contributed by atoms with Crippen molar-refractivity contribution in [1.29, 1.82) is 0 Å². The van der Waals surface area contributed by atoms with Crippen LogP contribution < -0.4 is 16.2 Å². The molecule has 1 aromatic carbocycles. The Kier molecular flexibility index (Phi) is 13.8. The quantitative estimate of drug-likeness (QED) is 0.229. The monoisotopic (exact) mass is 362 g/mol. The Hall–Kier alpha value is -1.38. The Morgan fingerprint density at radius 3 is 1.62 bits per heavy atom. The lowest BCUT2D eigenvalue weighted by atomic mass is 10.0. The first-order valence-electron chi connectivity index (χ1n) is 11.0. The lowest BCUT2D eigenvalue weighted by Gasteiger charge is -2.09. The molecule has 0 aromatic heterocycles. The average Bonchev–Trinajstić information content (AvgIpc) is 2.64. The van der Waals surface area contributed by atoms with E-state index in [4.69, 9.17) is 16.2 Å². The third-order valence-corrected chi connectivity index (χ3v) is 5.04. The number of nitrogen functional groups attached to an aromatic ring is 2. The van der Waals surface area contributed by atoms with Crippen LogP contribution in [0, 0.1) is 0 Å². The fourth-order valence-electron chi connectivity index (χ4n) is 3.33. The average molecular weight is 363 g/mol. The van der Waals surface area contributed by atoms with E-state index in [1.54, 1.807) is 18.2 Å². The SMILES string of the molecule is CCCCCCCCCCCCCCCCCOc1cc(N)ccc1N. The Morgan fingerprint density at radius 1 is 0.654 bits per heavy atom. The van der Waals surface area contributed by atoms with Crippen molar-refractivity contribution < 1.29 is 4.74 Å². The van der Waals surface area contributed by atoms with Gasteiger partial charge in [0.25, 0.3) is 0 Å². The second-order valence-electron chi connectivity index (χ2n) is 7.60. The summed E-state index contributed by atoms with van der Waals surface area (Å²) in [4.78, 5) is 0. The van der Waals surface area contributed by atoms with Crippen molar-refractivity contribution in [2.24, 2.45) is 0 Å². The first kappa shape index (κ1) is 22.7. The van der Waals surface area contributed by atoms with Gasteiger partial charge in [0.1, 0.15) is 5.75 Å². The summed E-state index contributed by atoms with van der Waals surface area (Å²) in [7, 11) is 0. The Bertz CT molecular complexity index is 448. The summed E-state index contributed by atoms with van der Waals surface area (Å²) in [5, 5.41) is 0. The highest BCUT2D eigenvalue weighted by atomic mass is 16.5. The van der Waals surface area contributed by atoms with Crippen LogP contribution in [-0.4, -0.2) is 6.61 Å². The number of benzene rings is 1. The van der Waals surface area contributed by atoms with E-state index in [0.717, 1.165) is 18.8 Å². The van der Waals surface area contributed by atoms with E-state index in [1.807, 2.05) is 0 Å². The van der Waals surface area contributed by atoms with Crippen molar-refractivity contribution in [2.45, 2.75) is 103 Å². The molecule has 0 bridgehead atoms. The van der Waals surface area contributed by atoms with Crippen LogP contribution in [0.15, 0.2) is 18.2 Å². The van der Waals surface area contributed by atoms with Crippen LogP contribution in [-0.2, 0) is 0 Å². The van der Waals surface area contributed by atoms with Crippen molar-refractivity contribution >= 4 is 11.4 Å². The molecule has 0 unspecified atom stereocenters. The third-order valence-electron chi connectivity index (χ3n) is 5.04. The molecule has 0 aliphatic rings. The fraction of sp³-hybridized carbons (Fsp3) is 0.739. The molecule has 3 heteroatoms. The molecule has 0 spiro atoms. The van der Waals surface area contributed by atoms with Gasteiger partial charge in [-0.15, -0.1) is 0 Å². The molecule has 1 rings (SSSR count). The zero-order valence-electron chi connectivity index (χ0n) is 17.1. The van der Waals surface area contributed by atoms with Gasteiger partial charge in [0.05, 0.1) is 12.3 Å². The molecule has 0 amide bonds. The number of ether oxygens (including phenoxy) is 1. The van der Waals surface area contributed by atoms with E-state index in [-0.39, 0.29) is 0 Å². The van der Waals surface area contributed by atoms with Crippen LogP contribution >= 0.6 is 0 Å². The Balaban J connectivity index is 1.80. The number of rotatable bonds is 17. The number of hydrogen-bond donors (Lipinski definition) is 2. The van der Waals surface area contributed by atoms with Crippen LogP contribution in [0.3, 0.4) is 0 Å². The highest BCUT2D eigenvalue weighted by Gasteiger charge is 2.00. The smallest absolute Gasteiger partial charge is 0.144 e. The highest BCUT2D eigenvalue weighted by Crippen LogP contribution is 2.24. The maximum absolute atomic E-state index is 5.88. The molecule has 0 heterocycles. The molecular weight excluding hydrogens is 320 g/mol. The lowest BCUT2D eigenvalue weighted by molar-refractivity contribution is 0.306. The number of anilines is 2. The highest BCUT2D eigenvalue weighted by molar-refractivity contribution is 5.59. The van der Waals surface area contributed by atoms with E-state index in [9.17, 15) is 0 Å². The predicted molar refractivity (Wildman–Crippen MR) is 116 cm³/mol. The lowest BCUT2D eigenvalue weighted by Crippen LogP contribution is -2.01. The van der Waals surface area contributed by atoms with E-state index >= 15 is 0 Å². The molecule has 3 nitrogen and oxygen atoms in total. The Labute approximate surface area is 161 Å². The molecule has 1 aromatic rings. The van der Waals surface area contributed by atoms with Crippen molar-refractivity contribution in [1.82, 2.24) is 0 Å². The van der Waals surface area contributed by atoms with Crippen molar-refractivity contribution in [2.75, 3.05) is 18.1 Å². The second-order valence-corrected chi connectivity index (χ2v) is 7.60. The zero-order valence-corrected chi connectivity index (χ0v) is 17.1. The summed E-state index contributed by atoms with van der Waals surface area (Å²) in [6.07, 6.45) is 20.6. The van der Waals surface area contributed by atoms with Gasteiger partial charge in [0.15, 0.2) is 0 Å². The number of hydrogen-bond acceptors (Lipinski definition) is 3. The molecule has 4 N–H and O–H groups in total. The van der Waals surface area contributed by atoms with Gasteiger partial charge in [-0.05, 0) is 18.6 Å². The molecule has 0 radical (unpaired) electrons. The van der Waals surface area contributed by atoms with Crippen molar-refractivity contribution in [3.63, 3.8) is 0 Å². The summed E-state index contributed by atoms with van der Waals surface area (Å²) >= 11 is 0. The van der Waals surface area contributed by atoms with Crippen LogP contribution in [0.25, 0.3) is 0 Å². The normalized spacial score (nSPS) is 11.0. The number of unbranched alkanes of at least 4 members (excludes halogenated alkanes) is 14. The number of nitrogens with two attached hydrogens (primary N) is 2. The summed E-state index contributed by atoms with van der Waals surface area (Å²) < 4.78 is 5.73. The second kappa shape index (κ2) is 15.8. The Morgan fingerprint density at radius 2 is 1.12 bits per heavy atom. The van der Waals surface area contributed by atoms with E-state index in [2.05, 4.69) is 6.92 Å². The van der Waals surface area contributed by atoms with E-state index < -0.39 is 0 Å². The third kappa shape index (κ3) is 12.1. The minimum Gasteiger partial charge on any atom is -0.491 e.